The second kappa shape index (κ2) is 7.62. The van der Waals surface area contributed by atoms with Crippen molar-refractivity contribution in [2.45, 2.75) is 58.9 Å². The Morgan fingerprint density at radius 1 is 1.09 bits per heavy atom. The lowest BCUT2D eigenvalue weighted by molar-refractivity contribution is -0.132. The highest BCUT2D eigenvalue weighted by Crippen LogP contribution is 2.36. The summed E-state index contributed by atoms with van der Waals surface area (Å²) in [5.41, 5.74) is 4.16. The number of hydrazine groups is 1. The number of hydrogen-bond donors (Lipinski definition) is 3. The van der Waals surface area contributed by atoms with Crippen molar-refractivity contribution in [2.75, 3.05) is 0 Å². The van der Waals surface area contributed by atoms with Crippen molar-refractivity contribution < 1.29 is 19.2 Å². The SMILES string of the molecule is Cc1c(C(=O)NN2C(=O)N[C@](C)(CCc3ccccc3)C2=O)[nH]c2c1C(=O)CC(C)(C)C2. The van der Waals surface area contributed by atoms with Gasteiger partial charge in [0.25, 0.3) is 11.8 Å². The van der Waals surface area contributed by atoms with Gasteiger partial charge in [0.1, 0.15) is 11.2 Å². The number of imide groups is 1. The van der Waals surface area contributed by atoms with Crippen LogP contribution in [0.1, 0.15) is 71.3 Å². The number of carbonyl (C=O) groups is 4. The summed E-state index contributed by atoms with van der Waals surface area (Å²) in [7, 11) is 0. The molecule has 1 aromatic carbocycles. The largest absolute Gasteiger partial charge is 0.353 e. The molecule has 1 aliphatic carbocycles. The first-order chi connectivity index (χ1) is 15.0. The predicted octanol–water partition coefficient (Wildman–Crippen LogP) is 3.07. The van der Waals surface area contributed by atoms with Gasteiger partial charge in [0, 0.05) is 17.7 Å². The number of aromatic amines is 1. The maximum atomic E-state index is 13.0. The van der Waals surface area contributed by atoms with E-state index >= 15 is 0 Å². The minimum Gasteiger partial charge on any atom is -0.353 e. The number of rotatable bonds is 5. The standard InChI is InChI=1S/C24H28N4O4/c1-14-18-16(12-23(2,3)13-17(18)29)25-19(14)20(30)27-28-21(31)24(4,26-22(28)32)11-10-15-8-6-5-7-9-15/h5-9,25H,10-13H2,1-4H3,(H,26,32)(H,27,30)/t24-/m1/s1. The molecule has 1 saturated heterocycles. The van der Waals surface area contributed by atoms with Gasteiger partial charge in [0.05, 0.1) is 0 Å². The first-order valence-electron chi connectivity index (χ1n) is 10.8. The zero-order valence-corrected chi connectivity index (χ0v) is 18.8. The number of ketones is 1. The molecular weight excluding hydrogens is 408 g/mol. The van der Waals surface area contributed by atoms with Gasteiger partial charge in [0.2, 0.25) is 0 Å². The van der Waals surface area contributed by atoms with Crippen LogP contribution in [-0.2, 0) is 17.6 Å². The van der Waals surface area contributed by atoms with Crippen LogP contribution in [-0.4, -0.2) is 39.2 Å². The van der Waals surface area contributed by atoms with E-state index in [1.807, 2.05) is 44.2 Å². The number of benzene rings is 1. The Morgan fingerprint density at radius 3 is 2.47 bits per heavy atom. The van der Waals surface area contributed by atoms with Crippen LogP contribution >= 0.6 is 0 Å². The monoisotopic (exact) mass is 436 g/mol. The third-order valence-electron chi connectivity index (χ3n) is 6.36. The van der Waals surface area contributed by atoms with E-state index in [0.717, 1.165) is 16.3 Å². The van der Waals surface area contributed by atoms with Crippen molar-refractivity contribution in [1.82, 2.24) is 20.7 Å². The van der Waals surface area contributed by atoms with Gasteiger partial charge in [-0.1, -0.05) is 44.2 Å². The summed E-state index contributed by atoms with van der Waals surface area (Å²) in [5.74, 6) is -1.15. The number of urea groups is 1. The van der Waals surface area contributed by atoms with Gasteiger partial charge in [-0.25, -0.2) is 4.79 Å². The van der Waals surface area contributed by atoms with Crippen molar-refractivity contribution in [3.8, 4) is 0 Å². The van der Waals surface area contributed by atoms with Gasteiger partial charge in [-0.2, -0.15) is 5.01 Å². The number of aryl methyl sites for hydroxylation is 1. The van der Waals surface area contributed by atoms with E-state index in [-0.39, 0.29) is 16.9 Å². The zero-order valence-electron chi connectivity index (χ0n) is 18.8. The van der Waals surface area contributed by atoms with Crippen LogP contribution in [0.4, 0.5) is 4.79 Å². The highest BCUT2D eigenvalue weighted by atomic mass is 16.2. The van der Waals surface area contributed by atoms with Crippen LogP contribution in [0.5, 0.6) is 0 Å². The molecule has 1 aliphatic heterocycles. The maximum Gasteiger partial charge on any atom is 0.344 e. The lowest BCUT2D eigenvalue weighted by atomic mass is 9.75. The number of fused-ring (bicyclic) bond motifs is 1. The van der Waals surface area contributed by atoms with Gasteiger partial charge >= 0.3 is 6.03 Å². The van der Waals surface area contributed by atoms with E-state index in [0.29, 0.717) is 36.8 Å². The molecule has 168 valence electrons. The molecule has 0 bridgehead atoms. The van der Waals surface area contributed by atoms with Crippen molar-refractivity contribution in [2.24, 2.45) is 5.41 Å². The molecule has 2 aliphatic rings. The molecule has 1 fully saturated rings. The normalized spacial score (nSPS) is 22.0. The van der Waals surface area contributed by atoms with E-state index in [4.69, 9.17) is 0 Å². The van der Waals surface area contributed by atoms with Gasteiger partial charge < -0.3 is 10.3 Å². The second-order valence-corrected chi connectivity index (χ2v) is 9.75. The van der Waals surface area contributed by atoms with Crippen LogP contribution < -0.4 is 10.7 Å². The van der Waals surface area contributed by atoms with Gasteiger partial charge in [-0.15, -0.1) is 0 Å². The average Bonchev–Trinajstić information content (AvgIpc) is 3.15. The minimum absolute atomic E-state index is 0.00692. The minimum atomic E-state index is -1.12. The van der Waals surface area contributed by atoms with E-state index in [1.54, 1.807) is 13.8 Å². The van der Waals surface area contributed by atoms with Gasteiger partial charge in [-0.05, 0) is 49.7 Å². The van der Waals surface area contributed by atoms with Crippen molar-refractivity contribution in [3.05, 3.63) is 58.4 Å². The Bertz CT molecular complexity index is 1120. The number of hydrogen-bond acceptors (Lipinski definition) is 4. The molecule has 0 saturated carbocycles. The number of aromatic nitrogens is 1. The third-order valence-corrected chi connectivity index (χ3v) is 6.36. The highest BCUT2D eigenvalue weighted by Gasteiger charge is 2.48. The van der Waals surface area contributed by atoms with Crippen LogP contribution in [0.15, 0.2) is 30.3 Å². The maximum absolute atomic E-state index is 13.0. The van der Waals surface area contributed by atoms with Gasteiger partial charge in [0.15, 0.2) is 5.78 Å². The molecule has 0 unspecified atom stereocenters. The van der Waals surface area contributed by atoms with Gasteiger partial charge in [-0.3, -0.25) is 19.8 Å². The van der Waals surface area contributed by atoms with Crippen LogP contribution in [0, 0.1) is 12.3 Å². The Morgan fingerprint density at radius 2 is 1.78 bits per heavy atom. The smallest absolute Gasteiger partial charge is 0.344 e. The Balaban J connectivity index is 1.50. The molecule has 1 atom stereocenters. The highest BCUT2D eigenvalue weighted by molar-refractivity contribution is 6.10. The summed E-state index contributed by atoms with van der Waals surface area (Å²) in [5, 5.41) is 3.43. The fourth-order valence-corrected chi connectivity index (χ4v) is 4.61. The van der Waals surface area contributed by atoms with Crippen LogP contribution in [0.25, 0.3) is 0 Å². The fourth-order valence-electron chi connectivity index (χ4n) is 4.61. The summed E-state index contributed by atoms with van der Waals surface area (Å²) in [6.07, 6.45) is 2.05. The third kappa shape index (κ3) is 3.81. The molecule has 8 heteroatoms. The zero-order chi connectivity index (χ0) is 23.3. The van der Waals surface area contributed by atoms with Crippen LogP contribution in [0.2, 0.25) is 0 Å². The fraction of sp³-hybridized carbons (Fsp3) is 0.417. The predicted molar refractivity (Wildman–Crippen MR) is 118 cm³/mol. The van der Waals surface area contributed by atoms with Crippen molar-refractivity contribution >= 4 is 23.6 Å². The quantitative estimate of drug-likeness (QED) is 0.626. The number of nitrogens with zero attached hydrogens (tertiary/aromatic N) is 1. The van der Waals surface area contributed by atoms with E-state index in [2.05, 4.69) is 15.7 Å². The van der Waals surface area contributed by atoms with Crippen LogP contribution in [0.3, 0.4) is 0 Å². The molecule has 8 nitrogen and oxygen atoms in total. The second-order valence-electron chi connectivity index (χ2n) is 9.75. The summed E-state index contributed by atoms with van der Waals surface area (Å²) < 4.78 is 0. The average molecular weight is 437 g/mol. The lowest BCUT2D eigenvalue weighted by Crippen LogP contribution is -2.49. The number of carbonyl (C=O) groups excluding carboxylic acids is 4. The Labute approximate surface area is 186 Å². The molecule has 4 amide bonds. The molecule has 4 rings (SSSR count). The first kappa shape index (κ1) is 21.8. The topological polar surface area (TPSA) is 111 Å². The molecule has 2 aromatic rings. The van der Waals surface area contributed by atoms with E-state index in [1.165, 1.54) is 0 Å². The summed E-state index contributed by atoms with van der Waals surface area (Å²) in [4.78, 5) is 54.1. The lowest BCUT2D eigenvalue weighted by Gasteiger charge is -2.28. The Kier molecular flexibility index (Phi) is 5.19. The van der Waals surface area contributed by atoms with Crippen molar-refractivity contribution in [3.63, 3.8) is 0 Å². The molecule has 0 spiro atoms. The molecule has 1 aromatic heterocycles. The number of Topliss-reactive ketones (excluding diaryl/α,β-unsaturated/α-hetero) is 1. The van der Waals surface area contributed by atoms with E-state index < -0.39 is 23.4 Å². The summed E-state index contributed by atoms with van der Waals surface area (Å²) >= 11 is 0. The summed E-state index contributed by atoms with van der Waals surface area (Å²) in [6.45, 7) is 7.37. The Hall–Kier alpha value is -3.42. The van der Waals surface area contributed by atoms with E-state index in [9.17, 15) is 19.2 Å². The molecule has 2 heterocycles. The number of amides is 4. The van der Waals surface area contributed by atoms with Crippen molar-refractivity contribution in [1.29, 1.82) is 0 Å². The molecule has 32 heavy (non-hydrogen) atoms. The number of H-pyrrole nitrogens is 1. The molecule has 3 N–H and O–H groups in total. The number of nitrogens with one attached hydrogen (secondary N) is 3. The molecule has 0 radical (unpaired) electrons. The molecular formula is C24H28N4O4. The summed E-state index contributed by atoms with van der Waals surface area (Å²) in [6, 6.07) is 9.00. The first-order valence-corrected chi connectivity index (χ1v) is 10.8.